The van der Waals surface area contributed by atoms with Crippen LogP contribution in [0, 0.1) is 0 Å². The Morgan fingerprint density at radius 3 is 3.18 bits per heavy atom. The van der Waals surface area contributed by atoms with Gasteiger partial charge in [0.1, 0.15) is 6.61 Å². The molecule has 0 aromatic heterocycles. The maximum Gasteiger partial charge on any atom is 0.208 e. The van der Waals surface area contributed by atoms with Gasteiger partial charge in [0, 0.05) is 0 Å². The van der Waals surface area contributed by atoms with E-state index in [1.807, 2.05) is 0 Å². The Labute approximate surface area is 68.0 Å². The third-order valence-corrected chi connectivity index (χ3v) is 1.80. The highest BCUT2D eigenvalue weighted by Crippen LogP contribution is 2.11. The standard InChI is InChI=1S/C9H15NO/c1-3-5-6-8-7-11-9(4-2)10-8/h4,8H,2-3,5-7H2,1H3. The maximum atomic E-state index is 5.24. The summed E-state index contributed by atoms with van der Waals surface area (Å²) >= 11 is 0. The predicted octanol–water partition coefficient (Wildman–Crippen LogP) is 2.16. The Kier molecular flexibility index (Phi) is 3.14. The molecule has 1 aliphatic rings. The van der Waals surface area contributed by atoms with Crippen LogP contribution in [0.3, 0.4) is 0 Å². The highest BCUT2D eigenvalue weighted by molar-refractivity contribution is 5.88. The second-order valence-electron chi connectivity index (χ2n) is 2.78. The van der Waals surface area contributed by atoms with Crippen molar-refractivity contribution in [3.63, 3.8) is 0 Å². The quantitative estimate of drug-likeness (QED) is 0.606. The van der Waals surface area contributed by atoms with E-state index in [2.05, 4.69) is 18.5 Å². The average Bonchev–Trinajstić information content (AvgIpc) is 2.48. The molecule has 1 rings (SSSR count). The van der Waals surface area contributed by atoms with Gasteiger partial charge in [-0.15, -0.1) is 0 Å². The zero-order valence-electron chi connectivity index (χ0n) is 7.05. The molecular formula is C9H15NO. The van der Waals surface area contributed by atoms with Crippen LogP contribution in [0.25, 0.3) is 0 Å². The normalized spacial score (nSPS) is 22.6. The van der Waals surface area contributed by atoms with Crippen molar-refractivity contribution in [2.45, 2.75) is 32.2 Å². The molecule has 2 nitrogen and oxygen atoms in total. The minimum atomic E-state index is 0.392. The van der Waals surface area contributed by atoms with Crippen LogP contribution in [0.1, 0.15) is 26.2 Å². The second kappa shape index (κ2) is 4.16. The Bertz CT molecular complexity index is 163. The molecule has 0 saturated heterocycles. The molecule has 1 atom stereocenters. The first-order chi connectivity index (χ1) is 5.36. The first-order valence-corrected chi connectivity index (χ1v) is 4.20. The summed E-state index contributed by atoms with van der Waals surface area (Å²) in [6, 6.07) is 0.392. The summed E-state index contributed by atoms with van der Waals surface area (Å²) in [5.74, 6) is 0.714. The smallest absolute Gasteiger partial charge is 0.208 e. The lowest BCUT2D eigenvalue weighted by atomic mass is 10.1. The zero-order valence-corrected chi connectivity index (χ0v) is 7.05. The minimum absolute atomic E-state index is 0.392. The molecule has 11 heavy (non-hydrogen) atoms. The van der Waals surface area contributed by atoms with Gasteiger partial charge in [-0.25, -0.2) is 4.99 Å². The third-order valence-electron chi connectivity index (χ3n) is 1.80. The van der Waals surface area contributed by atoms with E-state index in [0.717, 1.165) is 13.0 Å². The van der Waals surface area contributed by atoms with E-state index in [4.69, 9.17) is 4.74 Å². The van der Waals surface area contributed by atoms with Crippen molar-refractivity contribution in [2.75, 3.05) is 6.61 Å². The molecule has 0 aromatic rings. The van der Waals surface area contributed by atoms with Gasteiger partial charge in [0.15, 0.2) is 0 Å². The fraction of sp³-hybridized carbons (Fsp3) is 0.667. The molecular weight excluding hydrogens is 138 g/mol. The van der Waals surface area contributed by atoms with Crippen LogP contribution >= 0.6 is 0 Å². The first kappa shape index (κ1) is 8.31. The van der Waals surface area contributed by atoms with E-state index in [1.54, 1.807) is 6.08 Å². The van der Waals surface area contributed by atoms with Gasteiger partial charge in [-0.2, -0.15) is 0 Å². The van der Waals surface area contributed by atoms with Crippen LogP contribution in [0.4, 0.5) is 0 Å². The van der Waals surface area contributed by atoms with E-state index in [9.17, 15) is 0 Å². The number of nitrogens with zero attached hydrogens (tertiary/aromatic N) is 1. The average molecular weight is 153 g/mol. The van der Waals surface area contributed by atoms with Crippen molar-refractivity contribution < 1.29 is 4.74 Å². The van der Waals surface area contributed by atoms with Gasteiger partial charge in [0.05, 0.1) is 6.04 Å². The Hall–Kier alpha value is -0.790. The van der Waals surface area contributed by atoms with Crippen LogP contribution in [0.2, 0.25) is 0 Å². The van der Waals surface area contributed by atoms with Crippen molar-refractivity contribution in [3.05, 3.63) is 12.7 Å². The van der Waals surface area contributed by atoms with Crippen LogP contribution < -0.4 is 0 Å². The molecule has 0 bridgehead atoms. The Balaban J connectivity index is 2.28. The molecule has 1 unspecified atom stereocenters. The zero-order chi connectivity index (χ0) is 8.10. The van der Waals surface area contributed by atoms with Crippen molar-refractivity contribution in [1.82, 2.24) is 0 Å². The molecule has 0 amide bonds. The number of aliphatic imine (C=N–C) groups is 1. The van der Waals surface area contributed by atoms with Crippen LogP contribution in [-0.4, -0.2) is 18.5 Å². The van der Waals surface area contributed by atoms with Crippen molar-refractivity contribution in [2.24, 2.45) is 4.99 Å². The van der Waals surface area contributed by atoms with Crippen molar-refractivity contribution in [3.8, 4) is 0 Å². The Morgan fingerprint density at radius 2 is 2.64 bits per heavy atom. The van der Waals surface area contributed by atoms with Crippen molar-refractivity contribution >= 4 is 5.90 Å². The Morgan fingerprint density at radius 1 is 1.82 bits per heavy atom. The molecule has 0 saturated carbocycles. The summed E-state index contributed by atoms with van der Waals surface area (Å²) in [7, 11) is 0. The highest BCUT2D eigenvalue weighted by Gasteiger charge is 2.15. The summed E-state index contributed by atoms with van der Waals surface area (Å²) in [5, 5.41) is 0. The van der Waals surface area contributed by atoms with Gasteiger partial charge in [-0.1, -0.05) is 26.3 Å². The summed E-state index contributed by atoms with van der Waals surface area (Å²) in [5.41, 5.74) is 0. The fourth-order valence-corrected chi connectivity index (χ4v) is 1.14. The van der Waals surface area contributed by atoms with Gasteiger partial charge in [-0.3, -0.25) is 0 Å². The first-order valence-electron chi connectivity index (χ1n) is 4.20. The minimum Gasteiger partial charge on any atom is -0.476 e. The monoisotopic (exact) mass is 153 g/mol. The third kappa shape index (κ3) is 2.37. The highest BCUT2D eigenvalue weighted by atomic mass is 16.5. The van der Waals surface area contributed by atoms with Gasteiger partial charge in [0.25, 0.3) is 0 Å². The lowest BCUT2D eigenvalue weighted by Crippen LogP contribution is -2.05. The van der Waals surface area contributed by atoms with Gasteiger partial charge < -0.3 is 4.74 Å². The molecule has 62 valence electrons. The predicted molar refractivity (Wildman–Crippen MR) is 46.9 cm³/mol. The molecule has 0 aliphatic carbocycles. The van der Waals surface area contributed by atoms with Crippen LogP contribution in [0.15, 0.2) is 17.6 Å². The number of hydrogen-bond donors (Lipinski definition) is 0. The van der Waals surface area contributed by atoms with Crippen LogP contribution in [0.5, 0.6) is 0 Å². The molecule has 1 heterocycles. The summed E-state index contributed by atoms with van der Waals surface area (Å²) in [4.78, 5) is 4.32. The molecule has 0 spiro atoms. The van der Waals surface area contributed by atoms with Gasteiger partial charge in [0.2, 0.25) is 5.90 Å². The van der Waals surface area contributed by atoms with Gasteiger partial charge in [-0.05, 0) is 12.5 Å². The van der Waals surface area contributed by atoms with Gasteiger partial charge >= 0.3 is 0 Å². The fourth-order valence-electron chi connectivity index (χ4n) is 1.14. The largest absolute Gasteiger partial charge is 0.476 e. The lowest BCUT2D eigenvalue weighted by Gasteiger charge is -2.01. The summed E-state index contributed by atoms with van der Waals surface area (Å²) in [6.45, 7) is 6.54. The van der Waals surface area contributed by atoms with E-state index in [1.165, 1.54) is 12.8 Å². The molecule has 0 radical (unpaired) electrons. The van der Waals surface area contributed by atoms with E-state index >= 15 is 0 Å². The summed E-state index contributed by atoms with van der Waals surface area (Å²) in [6.07, 6.45) is 5.29. The summed E-state index contributed by atoms with van der Waals surface area (Å²) < 4.78 is 5.24. The number of ether oxygens (including phenoxy) is 1. The molecule has 0 fully saturated rings. The lowest BCUT2D eigenvalue weighted by molar-refractivity contribution is 0.311. The van der Waals surface area contributed by atoms with E-state index in [0.29, 0.717) is 11.9 Å². The number of hydrogen-bond acceptors (Lipinski definition) is 2. The van der Waals surface area contributed by atoms with Crippen LogP contribution in [-0.2, 0) is 4.74 Å². The molecule has 0 aromatic carbocycles. The van der Waals surface area contributed by atoms with E-state index < -0.39 is 0 Å². The van der Waals surface area contributed by atoms with E-state index in [-0.39, 0.29) is 0 Å². The topological polar surface area (TPSA) is 21.6 Å². The van der Waals surface area contributed by atoms with Crippen molar-refractivity contribution in [1.29, 1.82) is 0 Å². The number of unbranched alkanes of at least 4 members (excludes halogenated alkanes) is 1. The maximum absolute atomic E-state index is 5.24. The number of rotatable bonds is 4. The molecule has 0 N–H and O–H groups in total. The molecule has 1 aliphatic heterocycles. The molecule has 2 heteroatoms. The second-order valence-corrected chi connectivity index (χ2v) is 2.78. The SMILES string of the molecule is C=CC1=NC(CCCC)CO1.